The average Bonchev–Trinajstić information content (AvgIpc) is 2.58. The van der Waals surface area contributed by atoms with E-state index in [-0.39, 0.29) is 52.8 Å². The van der Waals surface area contributed by atoms with E-state index >= 15 is 0 Å². The van der Waals surface area contributed by atoms with E-state index in [1.807, 2.05) is 0 Å². The third-order valence-electron chi connectivity index (χ3n) is 5.11. The molecule has 2 aliphatic rings. The molecule has 0 amide bonds. The second kappa shape index (κ2) is 7.16. The molecule has 1 aromatic rings. The number of nitrogens with zero attached hydrogens (tertiary/aromatic N) is 2. The second-order valence-corrected chi connectivity index (χ2v) is 9.50. The predicted octanol–water partition coefficient (Wildman–Crippen LogP) is 2.34. The minimum Gasteiger partial charge on any atom is -0.506 e. The van der Waals surface area contributed by atoms with Crippen molar-refractivity contribution in [3.8, 4) is 0 Å². The highest BCUT2D eigenvalue weighted by Gasteiger charge is 2.34. The molecule has 0 saturated heterocycles. The summed E-state index contributed by atoms with van der Waals surface area (Å²) in [5, 5.41) is 16.9. The summed E-state index contributed by atoms with van der Waals surface area (Å²) in [5.74, 6) is -1.15. The van der Waals surface area contributed by atoms with Crippen molar-refractivity contribution in [1.29, 1.82) is 0 Å². The molecule has 1 saturated carbocycles. The zero-order chi connectivity index (χ0) is 20.8. The number of hydrogen-bond acceptors (Lipinski definition) is 7. The van der Waals surface area contributed by atoms with E-state index in [0.717, 1.165) is 0 Å². The third kappa shape index (κ3) is 3.37. The fourth-order valence-corrected chi connectivity index (χ4v) is 5.70. The Bertz CT molecular complexity index is 1030. The SMILES string of the molecule is Cc1cc(C(O)=C2C(=O)CCCC2=O)c(C)c2c1S(=O)(=O)CC/C2=N\N(C)C. The van der Waals surface area contributed by atoms with Crippen LogP contribution in [0.1, 0.15) is 47.9 Å². The maximum absolute atomic E-state index is 12.7. The molecule has 1 aliphatic heterocycles. The van der Waals surface area contributed by atoms with Gasteiger partial charge in [-0.15, -0.1) is 0 Å². The first-order valence-electron chi connectivity index (χ1n) is 9.16. The molecule has 150 valence electrons. The molecule has 8 heteroatoms. The largest absolute Gasteiger partial charge is 0.506 e. The Balaban J connectivity index is 2.35. The molecule has 0 spiro atoms. The Morgan fingerprint density at radius 1 is 1.11 bits per heavy atom. The summed E-state index contributed by atoms with van der Waals surface area (Å²) in [5.41, 5.74) is 2.15. The van der Waals surface area contributed by atoms with Crippen LogP contribution in [0.2, 0.25) is 0 Å². The first-order valence-corrected chi connectivity index (χ1v) is 10.8. The fraction of sp³-hybridized carbons (Fsp3) is 0.450. The number of carbonyl (C=O) groups is 2. The number of rotatable bonds is 2. The first kappa shape index (κ1) is 20.3. The number of aliphatic hydroxyl groups excluding tert-OH is 1. The Morgan fingerprint density at radius 3 is 2.29 bits per heavy atom. The molecule has 0 bridgehead atoms. The van der Waals surface area contributed by atoms with Gasteiger partial charge >= 0.3 is 0 Å². The minimum absolute atomic E-state index is 0.0314. The molecule has 1 heterocycles. The van der Waals surface area contributed by atoms with E-state index in [1.54, 1.807) is 39.0 Å². The van der Waals surface area contributed by atoms with Crippen LogP contribution < -0.4 is 0 Å². The van der Waals surface area contributed by atoms with E-state index in [4.69, 9.17) is 0 Å². The lowest BCUT2D eigenvalue weighted by Crippen LogP contribution is -2.27. The van der Waals surface area contributed by atoms with Gasteiger partial charge in [0.15, 0.2) is 21.4 Å². The molecule has 0 aromatic heterocycles. The number of hydrogen-bond donors (Lipinski definition) is 1. The summed E-state index contributed by atoms with van der Waals surface area (Å²) in [6.45, 7) is 3.34. The van der Waals surface area contributed by atoms with Gasteiger partial charge in [-0.05, 0) is 37.5 Å². The number of aliphatic hydroxyl groups is 1. The molecule has 0 atom stereocenters. The van der Waals surface area contributed by atoms with Gasteiger partial charge in [-0.1, -0.05) is 0 Å². The molecular weight excluding hydrogens is 380 g/mol. The van der Waals surface area contributed by atoms with E-state index in [1.165, 1.54) is 0 Å². The predicted molar refractivity (Wildman–Crippen MR) is 106 cm³/mol. The van der Waals surface area contributed by atoms with Crippen LogP contribution >= 0.6 is 0 Å². The lowest BCUT2D eigenvalue weighted by molar-refractivity contribution is -0.123. The number of fused-ring (bicyclic) bond motifs is 1. The summed E-state index contributed by atoms with van der Waals surface area (Å²) in [6.07, 6.45) is 1.17. The maximum atomic E-state index is 12.7. The lowest BCUT2D eigenvalue weighted by Gasteiger charge is -2.25. The second-order valence-electron chi connectivity index (χ2n) is 7.46. The Labute approximate surface area is 164 Å². The molecule has 3 rings (SSSR count). The molecule has 7 nitrogen and oxygen atoms in total. The van der Waals surface area contributed by atoms with Crippen molar-refractivity contribution in [2.24, 2.45) is 5.10 Å². The molecule has 0 unspecified atom stereocenters. The standard InChI is InChI=1S/C20H24N2O5S/c1-11-10-13(19(25)18-15(23)6-5-7-16(18)24)12(2)17-14(21-22(3)4)8-9-28(26,27)20(11)17/h10,25H,5-9H2,1-4H3/b21-14+. The van der Waals surface area contributed by atoms with Crippen LogP contribution in [0, 0.1) is 13.8 Å². The van der Waals surface area contributed by atoms with Crippen LogP contribution in [0.3, 0.4) is 0 Å². The molecule has 1 N–H and O–H groups in total. The van der Waals surface area contributed by atoms with Gasteiger partial charge in [0.2, 0.25) is 0 Å². The topological polar surface area (TPSA) is 104 Å². The number of carbonyl (C=O) groups excluding carboxylic acids is 2. The van der Waals surface area contributed by atoms with Crippen LogP contribution in [-0.4, -0.2) is 55.7 Å². The number of ketones is 2. The van der Waals surface area contributed by atoms with E-state index in [9.17, 15) is 23.1 Å². The van der Waals surface area contributed by atoms with Crippen molar-refractivity contribution in [2.75, 3.05) is 19.8 Å². The van der Waals surface area contributed by atoms with Crippen molar-refractivity contribution >= 4 is 32.9 Å². The van der Waals surface area contributed by atoms with Crippen LogP contribution in [0.5, 0.6) is 0 Å². The van der Waals surface area contributed by atoms with Crippen molar-refractivity contribution in [3.05, 3.63) is 33.9 Å². The minimum atomic E-state index is -3.48. The highest BCUT2D eigenvalue weighted by molar-refractivity contribution is 7.91. The zero-order valence-corrected chi connectivity index (χ0v) is 17.3. The molecular formula is C20H24N2O5S. The fourth-order valence-electron chi connectivity index (χ4n) is 3.90. The molecule has 1 aromatic carbocycles. The average molecular weight is 404 g/mol. The molecule has 0 radical (unpaired) electrons. The maximum Gasteiger partial charge on any atom is 0.179 e. The third-order valence-corrected chi connectivity index (χ3v) is 7.00. The normalized spacial score (nSPS) is 20.3. The van der Waals surface area contributed by atoms with Gasteiger partial charge in [0.1, 0.15) is 11.3 Å². The van der Waals surface area contributed by atoms with Crippen LogP contribution in [0.25, 0.3) is 5.76 Å². The molecule has 1 aliphatic carbocycles. The van der Waals surface area contributed by atoms with Gasteiger partial charge in [-0.2, -0.15) is 5.10 Å². The summed E-state index contributed by atoms with van der Waals surface area (Å²) < 4.78 is 25.4. The van der Waals surface area contributed by atoms with Crippen LogP contribution in [0.4, 0.5) is 0 Å². The summed E-state index contributed by atoms with van der Waals surface area (Å²) in [4.78, 5) is 24.7. The number of allylic oxidation sites excluding steroid dienone is 1. The van der Waals surface area contributed by atoms with E-state index in [2.05, 4.69) is 5.10 Å². The summed E-state index contributed by atoms with van der Waals surface area (Å²) in [7, 11) is 0.0175. The number of sulfone groups is 1. The molecule has 28 heavy (non-hydrogen) atoms. The van der Waals surface area contributed by atoms with Crippen molar-refractivity contribution < 1.29 is 23.1 Å². The highest BCUT2D eigenvalue weighted by Crippen LogP contribution is 2.36. The van der Waals surface area contributed by atoms with Gasteiger partial charge in [-0.25, -0.2) is 8.42 Å². The van der Waals surface area contributed by atoms with Gasteiger partial charge in [-0.3, -0.25) is 9.59 Å². The van der Waals surface area contributed by atoms with E-state index < -0.39 is 9.84 Å². The van der Waals surface area contributed by atoms with Gasteiger partial charge < -0.3 is 10.1 Å². The van der Waals surface area contributed by atoms with E-state index in [0.29, 0.717) is 34.4 Å². The zero-order valence-electron chi connectivity index (χ0n) is 16.5. The number of benzene rings is 1. The Kier molecular flexibility index (Phi) is 5.18. The van der Waals surface area contributed by atoms with Crippen LogP contribution in [-0.2, 0) is 19.4 Å². The summed E-state index contributed by atoms with van der Waals surface area (Å²) in [6, 6.07) is 1.54. The lowest BCUT2D eigenvalue weighted by atomic mass is 9.87. The quantitative estimate of drug-likeness (QED) is 0.351. The van der Waals surface area contributed by atoms with Crippen molar-refractivity contribution in [2.45, 2.75) is 44.4 Å². The van der Waals surface area contributed by atoms with Gasteiger partial charge in [0.25, 0.3) is 0 Å². The first-order chi connectivity index (χ1) is 13.0. The van der Waals surface area contributed by atoms with Gasteiger partial charge in [0, 0.05) is 44.5 Å². The Morgan fingerprint density at radius 2 is 1.71 bits per heavy atom. The highest BCUT2D eigenvalue weighted by atomic mass is 32.2. The summed E-state index contributed by atoms with van der Waals surface area (Å²) >= 11 is 0. The Hall–Kier alpha value is -2.48. The number of hydrazone groups is 1. The smallest absolute Gasteiger partial charge is 0.179 e. The van der Waals surface area contributed by atoms with Gasteiger partial charge in [0.05, 0.1) is 16.4 Å². The monoisotopic (exact) mass is 404 g/mol. The molecule has 1 fully saturated rings. The van der Waals surface area contributed by atoms with Crippen molar-refractivity contribution in [3.63, 3.8) is 0 Å². The number of aryl methyl sites for hydroxylation is 1. The van der Waals surface area contributed by atoms with Crippen molar-refractivity contribution in [1.82, 2.24) is 5.01 Å². The number of Topliss-reactive ketones (excluding diaryl/α,β-unsaturated/α-hetero) is 2. The van der Waals surface area contributed by atoms with Crippen LogP contribution in [0.15, 0.2) is 21.6 Å².